The molecule has 0 saturated heterocycles. The zero-order chi connectivity index (χ0) is 21.9. The average molecular weight is 415 g/mol. The van der Waals surface area contributed by atoms with Crippen LogP contribution in [0.15, 0.2) is 18.2 Å². The van der Waals surface area contributed by atoms with Crippen molar-refractivity contribution in [1.82, 2.24) is 20.3 Å². The highest BCUT2D eigenvalue weighted by Gasteiger charge is 2.34. The molecule has 30 heavy (non-hydrogen) atoms. The molecule has 1 aliphatic carbocycles. The van der Waals surface area contributed by atoms with Crippen LogP contribution in [0.2, 0.25) is 0 Å². The number of hydrogen-bond donors (Lipinski definition) is 3. The maximum atomic E-state index is 13.3. The number of carbonyl (C=O) groups excluding carboxylic acids is 2. The molecule has 7 heteroatoms. The Morgan fingerprint density at radius 3 is 2.70 bits per heavy atom. The minimum atomic E-state index is -0.459. The molecule has 2 atom stereocenters. The molecule has 0 bridgehead atoms. The normalized spacial score (nSPS) is 17.1. The number of imidazole rings is 1. The van der Waals surface area contributed by atoms with E-state index in [1.54, 1.807) is 0 Å². The van der Waals surface area contributed by atoms with Gasteiger partial charge >= 0.3 is 0 Å². The van der Waals surface area contributed by atoms with Gasteiger partial charge in [-0.1, -0.05) is 52.5 Å². The summed E-state index contributed by atoms with van der Waals surface area (Å²) in [6, 6.07) is 5.72. The predicted molar refractivity (Wildman–Crippen MR) is 116 cm³/mol. The lowest BCUT2D eigenvalue weighted by Crippen LogP contribution is -2.43. The SMILES string of the molecule is Cc1ccc2[nH]c([C@@H](NC(=O)[C@H](CC3CCCC3)CN(O)C=O)C(C)(C)C)nc2c1. The van der Waals surface area contributed by atoms with Crippen molar-refractivity contribution in [3.8, 4) is 0 Å². The molecule has 2 amide bonds. The van der Waals surface area contributed by atoms with Gasteiger partial charge in [-0.25, -0.2) is 10.0 Å². The fourth-order valence-corrected chi connectivity index (χ4v) is 4.41. The molecule has 2 aromatic rings. The number of rotatable bonds is 8. The molecule has 1 heterocycles. The van der Waals surface area contributed by atoms with Crippen LogP contribution in [-0.2, 0) is 9.59 Å². The fourth-order valence-electron chi connectivity index (χ4n) is 4.41. The largest absolute Gasteiger partial charge is 0.345 e. The lowest BCUT2D eigenvalue weighted by molar-refractivity contribution is -0.155. The Morgan fingerprint density at radius 1 is 1.37 bits per heavy atom. The van der Waals surface area contributed by atoms with Crippen molar-refractivity contribution in [2.75, 3.05) is 6.54 Å². The van der Waals surface area contributed by atoms with Crippen molar-refractivity contribution in [2.24, 2.45) is 17.3 Å². The van der Waals surface area contributed by atoms with Gasteiger partial charge in [0.1, 0.15) is 5.82 Å². The Kier molecular flexibility index (Phi) is 6.81. The van der Waals surface area contributed by atoms with E-state index in [1.165, 1.54) is 12.8 Å². The molecule has 0 unspecified atom stereocenters. The molecule has 0 aliphatic heterocycles. The standard InChI is InChI=1S/C23H34N4O3/c1-15-9-10-18-19(11-15)25-21(24-18)20(23(2,3)4)26-22(29)17(13-27(30)14-28)12-16-7-5-6-8-16/h9-11,14,16-17,20,30H,5-8,12-13H2,1-4H3,(H,24,25)(H,26,29)/t17-,20-/m1/s1. The van der Waals surface area contributed by atoms with Gasteiger partial charge in [-0.2, -0.15) is 0 Å². The van der Waals surface area contributed by atoms with Crippen LogP contribution < -0.4 is 5.32 Å². The van der Waals surface area contributed by atoms with E-state index in [0.717, 1.165) is 29.4 Å². The number of aromatic amines is 1. The zero-order valence-electron chi connectivity index (χ0n) is 18.4. The van der Waals surface area contributed by atoms with Gasteiger partial charge in [0.25, 0.3) is 0 Å². The van der Waals surface area contributed by atoms with Crippen molar-refractivity contribution < 1.29 is 14.8 Å². The van der Waals surface area contributed by atoms with Crippen LogP contribution in [0.25, 0.3) is 11.0 Å². The van der Waals surface area contributed by atoms with Gasteiger partial charge in [0, 0.05) is 0 Å². The van der Waals surface area contributed by atoms with E-state index in [2.05, 4.69) is 31.1 Å². The van der Waals surface area contributed by atoms with Crippen LogP contribution in [0.4, 0.5) is 0 Å². The molecule has 1 fully saturated rings. The topological polar surface area (TPSA) is 98.3 Å². The first-order valence-electron chi connectivity index (χ1n) is 10.8. The lowest BCUT2D eigenvalue weighted by atomic mass is 9.85. The average Bonchev–Trinajstić information content (AvgIpc) is 3.33. The van der Waals surface area contributed by atoms with E-state index >= 15 is 0 Å². The number of nitrogens with one attached hydrogen (secondary N) is 2. The molecular formula is C23H34N4O3. The molecule has 3 N–H and O–H groups in total. The van der Waals surface area contributed by atoms with Crippen LogP contribution in [0.3, 0.4) is 0 Å². The molecule has 1 aliphatic rings. The number of hydrogen-bond acceptors (Lipinski definition) is 4. The number of aryl methyl sites for hydroxylation is 1. The quantitative estimate of drug-likeness (QED) is 0.344. The molecule has 3 rings (SSSR count). The number of aromatic nitrogens is 2. The molecule has 164 valence electrons. The maximum absolute atomic E-state index is 13.3. The van der Waals surface area contributed by atoms with Crippen molar-refractivity contribution in [2.45, 2.75) is 65.8 Å². The Morgan fingerprint density at radius 2 is 2.07 bits per heavy atom. The van der Waals surface area contributed by atoms with Crippen molar-refractivity contribution in [3.05, 3.63) is 29.6 Å². The minimum Gasteiger partial charge on any atom is -0.345 e. The lowest BCUT2D eigenvalue weighted by Gasteiger charge is -2.32. The van der Waals surface area contributed by atoms with E-state index < -0.39 is 5.92 Å². The number of amides is 2. The second-order valence-corrected chi connectivity index (χ2v) is 9.76. The highest BCUT2D eigenvalue weighted by Crippen LogP contribution is 2.34. The van der Waals surface area contributed by atoms with Crippen LogP contribution in [0.5, 0.6) is 0 Å². The first kappa shape index (κ1) is 22.3. The Hall–Kier alpha value is -2.41. The van der Waals surface area contributed by atoms with Gasteiger partial charge in [0.2, 0.25) is 12.3 Å². The zero-order valence-corrected chi connectivity index (χ0v) is 18.4. The summed E-state index contributed by atoms with van der Waals surface area (Å²) in [5.41, 5.74) is 2.66. The van der Waals surface area contributed by atoms with Gasteiger partial charge in [-0.05, 0) is 42.4 Å². The van der Waals surface area contributed by atoms with E-state index in [0.29, 0.717) is 29.6 Å². The third-order valence-corrected chi connectivity index (χ3v) is 6.08. The first-order valence-corrected chi connectivity index (χ1v) is 10.8. The summed E-state index contributed by atoms with van der Waals surface area (Å²) < 4.78 is 0. The Bertz CT molecular complexity index is 880. The number of hydroxylamine groups is 2. The predicted octanol–water partition coefficient (Wildman–Crippen LogP) is 4.12. The van der Waals surface area contributed by atoms with Gasteiger partial charge in [0.05, 0.1) is 29.5 Å². The van der Waals surface area contributed by atoms with Gasteiger partial charge in [-0.3, -0.25) is 14.8 Å². The second-order valence-electron chi connectivity index (χ2n) is 9.76. The molecule has 1 aromatic heterocycles. The van der Waals surface area contributed by atoms with Crippen LogP contribution >= 0.6 is 0 Å². The Balaban J connectivity index is 1.83. The summed E-state index contributed by atoms with van der Waals surface area (Å²) in [6.45, 7) is 8.21. The van der Waals surface area contributed by atoms with Crippen molar-refractivity contribution in [3.63, 3.8) is 0 Å². The smallest absolute Gasteiger partial charge is 0.233 e. The van der Waals surface area contributed by atoms with Crippen molar-refractivity contribution in [1.29, 1.82) is 0 Å². The summed E-state index contributed by atoms with van der Waals surface area (Å²) in [5.74, 6) is 0.564. The summed E-state index contributed by atoms with van der Waals surface area (Å²) >= 11 is 0. The van der Waals surface area contributed by atoms with E-state index in [4.69, 9.17) is 4.98 Å². The maximum Gasteiger partial charge on any atom is 0.233 e. The van der Waals surface area contributed by atoms with Crippen molar-refractivity contribution >= 4 is 23.4 Å². The van der Waals surface area contributed by atoms with E-state index in [1.807, 2.05) is 25.1 Å². The summed E-state index contributed by atoms with van der Waals surface area (Å²) in [4.78, 5) is 32.3. The molecular weight excluding hydrogens is 380 g/mol. The molecule has 1 aromatic carbocycles. The second kappa shape index (κ2) is 9.16. The Labute approximate surface area is 178 Å². The summed E-state index contributed by atoms with van der Waals surface area (Å²) in [7, 11) is 0. The third-order valence-electron chi connectivity index (χ3n) is 6.08. The van der Waals surface area contributed by atoms with Gasteiger partial charge < -0.3 is 10.3 Å². The molecule has 0 radical (unpaired) electrons. The van der Waals surface area contributed by atoms with E-state index in [-0.39, 0.29) is 23.9 Å². The molecule has 1 saturated carbocycles. The van der Waals surface area contributed by atoms with Gasteiger partial charge in [-0.15, -0.1) is 0 Å². The van der Waals surface area contributed by atoms with Gasteiger partial charge in [0.15, 0.2) is 0 Å². The van der Waals surface area contributed by atoms with E-state index in [9.17, 15) is 14.8 Å². The summed E-state index contributed by atoms with van der Waals surface area (Å²) in [6.07, 6.45) is 5.59. The van der Waals surface area contributed by atoms with Crippen LogP contribution in [0, 0.1) is 24.2 Å². The highest BCUT2D eigenvalue weighted by molar-refractivity contribution is 5.80. The van der Waals surface area contributed by atoms with Crippen LogP contribution in [0.1, 0.15) is 70.3 Å². The minimum absolute atomic E-state index is 0.00201. The number of benzene rings is 1. The number of H-pyrrole nitrogens is 1. The number of nitrogens with zero attached hydrogens (tertiary/aromatic N) is 2. The summed E-state index contributed by atoms with van der Waals surface area (Å²) in [5, 5.41) is 13.5. The fraction of sp³-hybridized carbons (Fsp3) is 0.609. The molecule has 0 spiro atoms. The van der Waals surface area contributed by atoms with Crippen LogP contribution in [-0.4, -0.2) is 39.1 Å². The number of carbonyl (C=O) groups is 2. The number of fused-ring (bicyclic) bond motifs is 1. The third kappa shape index (κ3) is 5.39. The highest BCUT2D eigenvalue weighted by atomic mass is 16.5. The monoisotopic (exact) mass is 414 g/mol. The first-order chi connectivity index (χ1) is 14.2. The molecule has 7 nitrogen and oxygen atoms in total.